The predicted octanol–water partition coefficient (Wildman–Crippen LogP) is 3.22. The molecule has 0 N–H and O–H groups in total. The molecule has 3 rings (SSSR count). The van der Waals surface area contributed by atoms with E-state index in [9.17, 15) is 0 Å². The van der Waals surface area contributed by atoms with Gasteiger partial charge in [-0.2, -0.15) is 0 Å². The molecule has 0 spiro atoms. The van der Waals surface area contributed by atoms with E-state index < -0.39 is 0 Å². The molecule has 1 atom stereocenters. The highest BCUT2D eigenvalue weighted by molar-refractivity contribution is 5.19. The molecule has 0 aliphatic carbocycles. The molecular weight excluding hydrogens is 272 g/mol. The summed E-state index contributed by atoms with van der Waals surface area (Å²) in [6, 6.07) is 11.5. The van der Waals surface area contributed by atoms with Crippen molar-refractivity contribution in [3.63, 3.8) is 0 Å². The summed E-state index contributed by atoms with van der Waals surface area (Å²) in [5.41, 5.74) is 1.46. The highest BCUT2D eigenvalue weighted by Crippen LogP contribution is 2.30. The van der Waals surface area contributed by atoms with Crippen LogP contribution in [0.5, 0.6) is 0 Å². The van der Waals surface area contributed by atoms with Crippen molar-refractivity contribution in [2.24, 2.45) is 13.0 Å². The van der Waals surface area contributed by atoms with Crippen LogP contribution < -0.4 is 0 Å². The van der Waals surface area contributed by atoms with Gasteiger partial charge in [-0.25, -0.2) is 0 Å². The lowest BCUT2D eigenvalue weighted by Gasteiger charge is -2.37. The van der Waals surface area contributed by atoms with Crippen LogP contribution in [0.25, 0.3) is 0 Å². The van der Waals surface area contributed by atoms with Crippen LogP contribution in [0.3, 0.4) is 0 Å². The molecule has 0 radical (unpaired) electrons. The second kappa shape index (κ2) is 7.05. The number of piperidine rings is 1. The van der Waals surface area contributed by atoms with Gasteiger partial charge in [-0.1, -0.05) is 37.3 Å². The monoisotopic (exact) mass is 298 g/mol. The van der Waals surface area contributed by atoms with E-state index in [0.29, 0.717) is 6.04 Å². The van der Waals surface area contributed by atoms with E-state index in [1.54, 1.807) is 6.33 Å². The summed E-state index contributed by atoms with van der Waals surface area (Å²) in [6.07, 6.45) is 6.56. The molecule has 1 fully saturated rings. The maximum atomic E-state index is 4.23. The van der Waals surface area contributed by atoms with Gasteiger partial charge in [0.2, 0.25) is 0 Å². The largest absolute Gasteiger partial charge is 0.321 e. The van der Waals surface area contributed by atoms with Crippen LogP contribution in [0.1, 0.15) is 43.6 Å². The van der Waals surface area contributed by atoms with Gasteiger partial charge in [-0.3, -0.25) is 4.90 Å². The van der Waals surface area contributed by atoms with Crippen molar-refractivity contribution in [1.29, 1.82) is 0 Å². The zero-order valence-corrected chi connectivity index (χ0v) is 13.7. The van der Waals surface area contributed by atoms with Crippen molar-refractivity contribution in [3.05, 3.63) is 48.0 Å². The van der Waals surface area contributed by atoms with Gasteiger partial charge in [0.1, 0.15) is 12.2 Å². The Hall–Kier alpha value is -1.68. The van der Waals surface area contributed by atoms with Gasteiger partial charge >= 0.3 is 0 Å². The van der Waals surface area contributed by atoms with E-state index in [4.69, 9.17) is 0 Å². The fraction of sp³-hybridized carbons (Fsp3) is 0.556. The Balaban J connectivity index is 1.58. The molecule has 1 aromatic heterocycles. The Bertz CT molecular complexity index is 570. The zero-order valence-electron chi connectivity index (χ0n) is 13.7. The molecule has 4 nitrogen and oxygen atoms in total. The van der Waals surface area contributed by atoms with Crippen molar-refractivity contribution >= 4 is 0 Å². The predicted molar refractivity (Wildman–Crippen MR) is 88.5 cm³/mol. The summed E-state index contributed by atoms with van der Waals surface area (Å²) < 4.78 is 2.05. The molecule has 1 unspecified atom stereocenters. The Labute approximate surface area is 133 Å². The molecule has 0 amide bonds. The minimum absolute atomic E-state index is 0.567. The van der Waals surface area contributed by atoms with Gasteiger partial charge in [0, 0.05) is 19.5 Å². The van der Waals surface area contributed by atoms with Gasteiger partial charge in [0.05, 0.1) is 0 Å². The van der Waals surface area contributed by atoms with E-state index in [2.05, 4.69) is 52.4 Å². The maximum absolute atomic E-state index is 4.23. The van der Waals surface area contributed by atoms with Crippen molar-refractivity contribution in [2.45, 2.75) is 38.6 Å². The van der Waals surface area contributed by atoms with Crippen molar-refractivity contribution < 1.29 is 0 Å². The molecule has 0 saturated carbocycles. The average Bonchev–Trinajstić information content (AvgIpc) is 2.96. The highest BCUT2D eigenvalue weighted by Gasteiger charge is 2.25. The Morgan fingerprint density at radius 3 is 2.50 bits per heavy atom. The Morgan fingerprint density at radius 1 is 1.18 bits per heavy atom. The fourth-order valence-corrected chi connectivity index (χ4v) is 3.60. The first-order valence-corrected chi connectivity index (χ1v) is 8.39. The lowest BCUT2D eigenvalue weighted by molar-refractivity contribution is 0.128. The molecule has 22 heavy (non-hydrogen) atoms. The highest BCUT2D eigenvalue weighted by atomic mass is 15.2. The van der Waals surface area contributed by atoms with Crippen molar-refractivity contribution in [1.82, 2.24) is 19.7 Å². The number of rotatable bonds is 5. The molecule has 0 bridgehead atoms. The van der Waals surface area contributed by atoms with Crippen LogP contribution in [0.4, 0.5) is 0 Å². The molecule has 1 saturated heterocycles. The molecule has 1 aliphatic heterocycles. The SMILES string of the molecule is CCC(c1ccccc1)N1CCC(Cc2nncn2C)CC1. The fourth-order valence-electron chi connectivity index (χ4n) is 3.60. The topological polar surface area (TPSA) is 34.0 Å². The van der Waals surface area contributed by atoms with Gasteiger partial charge < -0.3 is 4.57 Å². The summed E-state index contributed by atoms with van der Waals surface area (Å²) in [4.78, 5) is 2.66. The molecule has 1 aromatic carbocycles. The van der Waals surface area contributed by atoms with Gasteiger partial charge in [-0.05, 0) is 43.8 Å². The number of likely N-dealkylation sites (tertiary alicyclic amines) is 1. The number of nitrogens with zero attached hydrogens (tertiary/aromatic N) is 4. The summed E-state index contributed by atoms with van der Waals surface area (Å²) >= 11 is 0. The number of aromatic nitrogens is 3. The first-order valence-electron chi connectivity index (χ1n) is 8.39. The third-order valence-corrected chi connectivity index (χ3v) is 4.94. The minimum atomic E-state index is 0.567. The third kappa shape index (κ3) is 3.38. The van der Waals surface area contributed by atoms with Crippen LogP contribution in [0.2, 0.25) is 0 Å². The summed E-state index contributed by atoms with van der Waals surface area (Å²) in [5, 5.41) is 8.21. The van der Waals surface area contributed by atoms with Crippen LogP contribution in [0, 0.1) is 5.92 Å². The van der Waals surface area contributed by atoms with Crippen molar-refractivity contribution in [2.75, 3.05) is 13.1 Å². The van der Waals surface area contributed by atoms with E-state index >= 15 is 0 Å². The van der Waals surface area contributed by atoms with Crippen molar-refractivity contribution in [3.8, 4) is 0 Å². The molecule has 2 heterocycles. The lowest BCUT2D eigenvalue weighted by Crippen LogP contribution is -2.37. The second-order valence-corrected chi connectivity index (χ2v) is 6.38. The van der Waals surface area contributed by atoms with E-state index in [0.717, 1.165) is 18.2 Å². The normalized spacial score (nSPS) is 18.5. The van der Waals surface area contributed by atoms with E-state index in [1.165, 1.54) is 37.9 Å². The van der Waals surface area contributed by atoms with E-state index in [-0.39, 0.29) is 0 Å². The van der Waals surface area contributed by atoms with Crippen LogP contribution in [-0.4, -0.2) is 32.8 Å². The number of aryl methyl sites for hydroxylation is 1. The Morgan fingerprint density at radius 2 is 1.91 bits per heavy atom. The van der Waals surface area contributed by atoms with Gasteiger partial charge in [0.15, 0.2) is 0 Å². The smallest absolute Gasteiger partial charge is 0.132 e. The molecular formula is C18H26N4. The molecule has 118 valence electrons. The third-order valence-electron chi connectivity index (χ3n) is 4.94. The lowest BCUT2D eigenvalue weighted by atomic mass is 9.91. The van der Waals surface area contributed by atoms with Crippen LogP contribution in [0.15, 0.2) is 36.7 Å². The first-order chi connectivity index (χ1) is 10.8. The summed E-state index contributed by atoms with van der Waals surface area (Å²) in [5.74, 6) is 1.86. The standard InChI is InChI=1S/C18H26N4/c1-3-17(16-7-5-4-6-8-16)22-11-9-15(10-12-22)13-18-20-19-14-21(18)2/h4-8,14-15,17H,3,9-13H2,1-2H3. The van der Waals surface area contributed by atoms with Gasteiger partial charge in [0.25, 0.3) is 0 Å². The zero-order chi connectivity index (χ0) is 15.4. The average molecular weight is 298 g/mol. The Kier molecular flexibility index (Phi) is 4.88. The molecule has 2 aromatic rings. The number of hydrogen-bond acceptors (Lipinski definition) is 3. The summed E-state index contributed by atoms with van der Waals surface area (Å²) in [7, 11) is 2.03. The summed E-state index contributed by atoms with van der Waals surface area (Å²) in [6.45, 7) is 4.68. The van der Waals surface area contributed by atoms with Crippen LogP contribution >= 0.6 is 0 Å². The molecule has 4 heteroatoms. The first kappa shape index (κ1) is 15.2. The number of hydrogen-bond donors (Lipinski definition) is 0. The van der Waals surface area contributed by atoms with E-state index in [1.807, 2.05) is 11.6 Å². The molecule has 1 aliphatic rings. The quantitative estimate of drug-likeness (QED) is 0.850. The van der Waals surface area contributed by atoms with Crippen LogP contribution in [-0.2, 0) is 13.5 Å². The maximum Gasteiger partial charge on any atom is 0.132 e. The van der Waals surface area contributed by atoms with Gasteiger partial charge in [-0.15, -0.1) is 10.2 Å². The minimum Gasteiger partial charge on any atom is -0.321 e. The second-order valence-electron chi connectivity index (χ2n) is 6.38. The number of benzene rings is 1.